The Bertz CT molecular complexity index is 571. The van der Waals surface area contributed by atoms with E-state index in [4.69, 9.17) is 4.74 Å². The largest absolute Gasteiger partial charge is 0.466 e. The number of ether oxygens (including phenoxy) is 1. The Kier molecular flexibility index (Phi) is 4.57. The van der Waals surface area contributed by atoms with Gasteiger partial charge in [0.1, 0.15) is 12.5 Å². The fraction of sp³-hybridized carbons (Fsp3) is 0.400. The maximum atomic E-state index is 12.4. The van der Waals surface area contributed by atoms with Gasteiger partial charge in [0.05, 0.1) is 18.0 Å². The van der Waals surface area contributed by atoms with Crippen molar-refractivity contribution in [2.45, 2.75) is 32.7 Å². The number of nitrogens with one attached hydrogen (secondary N) is 1. The van der Waals surface area contributed by atoms with Gasteiger partial charge in [-0.2, -0.15) is 0 Å². The highest BCUT2D eigenvalue weighted by molar-refractivity contribution is 6.14. The quantitative estimate of drug-likeness (QED) is 0.676. The van der Waals surface area contributed by atoms with Gasteiger partial charge in [-0.05, 0) is 25.5 Å². The minimum atomic E-state index is -0.609. The molecule has 0 radical (unpaired) electrons. The summed E-state index contributed by atoms with van der Waals surface area (Å²) in [5, 5.41) is 2.78. The summed E-state index contributed by atoms with van der Waals surface area (Å²) < 4.78 is 4.80. The first kappa shape index (κ1) is 15.0. The van der Waals surface area contributed by atoms with Crippen LogP contribution >= 0.6 is 0 Å². The average Bonchev–Trinajstić information content (AvgIpc) is 2.45. The van der Waals surface area contributed by atoms with Gasteiger partial charge >= 0.3 is 5.97 Å². The first-order chi connectivity index (χ1) is 10.1. The van der Waals surface area contributed by atoms with Crippen LogP contribution in [0.2, 0.25) is 0 Å². The molecule has 0 unspecified atom stereocenters. The van der Waals surface area contributed by atoms with Crippen LogP contribution in [-0.4, -0.2) is 30.4 Å². The Labute approximate surface area is 123 Å². The summed E-state index contributed by atoms with van der Waals surface area (Å²) in [7, 11) is 0. The van der Waals surface area contributed by atoms with Gasteiger partial charge in [0, 0.05) is 0 Å². The lowest BCUT2D eigenvalue weighted by atomic mass is 10.1. The molecule has 6 heteroatoms. The Morgan fingerprint density at radius 3 is 2.67 bits per heavy atom. The maximum absolute atomic E-state index is 12.4. The predicted molar refractivity (Wildman–Crippen MR) is 77.9 cm³/mol. The third-order valence-corrected chi connectivity index (χ3v) is 3.29. The number of esters is 1. The van der Waals surface area contributed by atoms with E-state index in [1.54, 1.807) is 31.2 Å². The van der Waals surface area contributed by atoms with Crippen molar-refractivity contribution in [3.8, 4) is 0 Å². The number of carbonyl (C=O) groups is 3. The number of anilines is 2. The van der Waals surface area contributed by atoms with E-state index >= 15 is 0 Å². The third-order valence-electron chi connectivity index (χ3n) is 3.29. The van der Waals surface area contributed by atoms with Crippen LogP contribution in [0, 0.1) is 0 Å². The van der Waals surface area contributed by atoms with Crippen LogP contribution in [0.25, 0.3) is 0 Å². The fourth-order valence-corrected chi connectivity index (χ4v) is 2.39. The predicted octanol–water partition coefficient (Wildman–Crippen LogP) is 1.70. The van der Waals surface area contributed by atoms with Gasteiger partial charge in [-0.1, -0.05) is 19.1 Å². The van der Waals surface area contributed by atoms with Crippen molar-refractivity contribution in [1.29, 1.82) is 0 Å². The summed E-state index contributed by atoms with van der Waals surface area (Å²) in [4.78, 5) is 37.4. The first-order valence-corrected chi connectivity index (χ1v) is 6.96. The molecule has 1 aliphatic rings. The van der Waals surface area contributed by atoms with Crippen molar-refractivity contribution >= 4 is 29.2 Å². The molecule has 21 heavy (non-hydrogen) atoms. The fourth-order valence-electron chi connectivity index (χ4n) is 2.39. The molecule has 0 aliphatic carbocycles. The number of rotatable bonds is 4. The number of nitrogens with zero attached hydrogens (tertiary/aromatic N) is 1. The third kappa shape index (κ3) is 3.04. The molecule has 0 fully saturated rings. The van der Waals surface area contributed by atoms with Crippen LogP contribution in [0.5, 0.6) is 0 Å². The molecule has 6 nitrogen and oxygen atoms in total. The van der Waals surface area contributed by atoms with Crippen molar-refractivity contribution in [1.82, 2.24) is 0 Å². The monoisotopic (exact) mass is 290 g/mol. The van der Waals surface area contributed by atoms with Crippen molar-refractivity contribution in [2.24, 2.45) is 0 Å². The normalized spacial score (nSPS) is 17.0. The molecule has 112 valence electrons. The second-order valence-electron chi connectivity index (χ2n) is 4.68. The Balaban J connectivity index is 2.31. The molecule has 1 atom stereocenters. The van der Waals surface area contributed by atoms with Crippen molar-refractivity contribution in [3.05, 3.63) is 24.3 Å². The van der Waals surface area contributed by atoms with Crippen LogP contribution in [0.1, 0.15) is 26.7 Å². The van der Waals surface area contributed by atoms with E-state index in [1.165, 1.54) is 4.90 Å². The number of fused-ring (bicyclic) bond motifs is 1. The van der Waals surface area contributed by atoms with Gasteiger partial charge in [-0.3, -0.25) is 19.3 Å². The summed E-state index contributed by atoms with van der Waals surface area (Å²) in [6.45, 7) is 3.73. The smallest absolute Gasteiger partial charge is 0.315 e. The summed E-state index contributed by atoms with van der Waals surface area (Å²) in [5.74, 6) is -1.25. The molecule has 0 saturated carbocycles. The SMILES string of the molecule is CCOC(=O)CC(=O)N1c2ccccc2NC(=O)[C@@H]1CC. The molecule has 2 amide bonds. The summed E-state index contributed by atoms with van der Waals surface area (Å²) in [6, 6.07) is 6.43. The maximum Gasteiger partial charge on any atom is 0.315 e. The average molecular weight is 290 g/mol. The second-order valence-corrected chi connectivity index (χ2v) is 4.68. The molecular weight excluding hydrogens is 272 g/mol. The van der Waals surface area contributed by atoms with Crippen LogP contribution in [0.3, 0.4) is 0 Å². The Hall–Kier alpha value is -2.37. The lowest BCUT2D eigenvalue weighted by Gasteiger charge is -2.35. The topological polar surface area (TPSA) is 75.7 Å². The van der Waals surface area contributed by atoms with E-state index in [1.807, 2.05) is 6.92 Å². The lowest BCUT2D eigenvalue weighted by molar-refractivity contribution is -0.145. The summed E-state index contributed by atoms with van der Waals surface area (Å²) >= 11 is 0. The van der Waals surface area contributed by atoms with Gasteiger partial charge < -0.3 is 10.1 Å². The molecule has 0 spiro atoms. The molecule has 0 saturated heterocycles. The van der Waals surface area contributed by atoms with Crippen molar-refractivity contribution < 1.29 is 19.1 Å². The molecule has 1 aliphatic heterocycles. The Morgan fingerprint density at radius 1 is 1.29 bits per heavy atom. The van der Waals surface area contributed by atoms with E-state index in [9.17, 15) is 14.4 Å². The zero-order valence-electron chi connectivity index (χ0n) is 12.1. The zero-order valence-corrected chi connectivity index (χ0v) is 12.1. The molecular formula is C15H18N2O4. The standard InChI is InChI=1S/C15H18N2O4/c1-3-11-15(20)16-10-7-5-6-8-12(10)17(11)13(18)9-14(19)21-4-2/h5-8,11H,3-4,9H2,1-2H3,(H,16,20)/t11-/m0/s1. The Morgan fingerprint density at radius 2 is 2.00 bits per heavy atom. The van der Waals surface area contributed by atoms with E-state index < -0.39 is 17.9 Å². The molecule has 1 aromatic carbocycles. The minimum Gasteiger partial charge on any atom is -0.466 e. The molecule has 1 heterocycles. The minimum absolute atomic E-state index is 0.223. The second kappa shape index (κ2) is 6.39. The highest BCUT2D eigenvalue weighted by Crippen LogP contribution is 2.33. The first-order valence-electron chi connectivity index (χ1n) is 6.96. The van der Waals surface area contributed by atoms with E-state index in [0.717, 1.165) is 0 Å². The number of benzene rings is 1. The summed E-state index contributed by atoms with van der Waals surface area (Å²) in [6.07, 6.45) is 0.0979. The van der Waals surface area contributed by atoms with Gasteiger partial charge in [0.25, 0.3) is 0 Å². The van der Waals surface area contributed by atoms with E-state index in [2.05, 4.69) is 5.32 Å². The van der Waals surface area contributed by atoms with Crippen LogP contribution in [0.15, 0.2) is 24.3 Å². The number of para-hydroxylation sites is 2. The van der Waals surface area contributed by atoms with Crippen molar-refractivity contribution in [2.75, 3.05) is 16.8 Å². The highest BCUT2D eigenvalue weighted by Gasteiger charge is 2.36. The van der Waals surface area contributed by atoms with Gasteiger partial charge in [-0.25, -0.2) is 0 Å². The number of carbonyl (C=O) groups excluding carboxylic acids is 3. The number of amides is 2. The highest BCUT2D eigenvalue weighted by atomic mass is 16.5. The number of hydrogen-bond acceptors (Lipinski definition) is 4. The van der Waals surface area contributed by atoms with Gasteiger partial charge in [0.15, 0.2) is 0 Å². The molecule has 2 rings (SSSR count). The lowest BCUT2D eigenvalue weighted by Crippen LogP contribution is -2.51. The van der Waals surface area contributed by atoms with Gasteiger partial charge in [0.2, 0.25) is 11.8 Å². The van der Waals surface area contributed by atoms with Gasteiger partial charge in [-0.15, -0.1) is 0 Å². The molecule has 1 N–H and O–H groups in total. The van der Waals surface area contributed by atoms with Crippen LogP contribution < -0.4 is 10.2 Å². The molecule has 1 aromatic rings. The van der Waals surface area contributed by atoms with Crippen molar-refractivity contribution in [3.63, 3.8) is 0 Å². The molecule has 0 bridgehead atoms. The number of hydrogen-bond donors (Lipinski definition) is 1. The van der Waals surface area contributed by atoms with Crippen LogP contribution in [-0.2, 0) is 19.1 Å². The van der Waals surface area contributed by atoms with E-state index in [-0.39, 0.29) is 18.9 Å². The molecule has 0 aromatic heterocycles. The summed E-state index contributed by atoms with van der Waals surface area (Å²) in [5.41, 5.74) is 1.18. The van der Waals surface area contributed by atoms with Crippen LogP contribution in [0.4, 0.5) is 11.4 Å². The van der Waals surface area contributed by atoms with E-state index in [0.29, 0.717) is 17.8 Å². The zero-order chi connectivity index (χ0) is 15.4.